The average molecular weight is 179 g/mol. The fourth-order valence-corrected chi connectivity index (χ4v) is 0.912. The second-order valence-corrected chi connectivity index (χ2v) is 2.59. The van der Waals surface area contributed by atoms with Crippen LogP contribution in [-0.4, -0.2) is 5.91 Å². The third-order valence-electron chi connectivity index (χ3n) is 1.52. The van der Waals surface area contributed by atoms with Crippen LogP contribution in [0.3, 0.4) is 0 Å². The Morgan fingerprint density at radius 1 is 1.46 bits per heavy atom. The Kier molecular flexibility index (Phi) is 3.20. The van der Waals surface area contributed by atoms with Gasteiger partial charge in [0.1, 0.15) is 5.82 Å². The van der Waals surface area contributed by atoms with Crippen LogP contribution >= 0.6 is 0 Å². The highest BCUT2D eigenvalue weighted by Crippen LogP contribution is 2.08. The summed E-state index contributed by atoms with van der Waals surface area (Å²) >= 11 is 0. The van der Waals surface area contributed by atoms with E-state index in [2.05, 4.69) is 0 Å². The van der Waals surface area contributed by atoms with Gasteiger partial charge >= 0.3 is 0 Å². The van der Waals surface area contributed by atoms with E-state index >= 15 is 0 Å². The molecule has 0 atom stereocenters. The van der Waals surface area contributed by atoms with Crippen LogP contribution in [0.1, 0.15) is 12.0 Å². The lowest BCUT2D eigenvalue weighted by Crippen LogP contribution is -2.07. The second-order valence-electron chi connectivity index (χ2n) is 2.59. The minimum Gasteiger partial charge on any atom is -0.369 e. The first-order valence-corrected chi connectivity index (χ1v) is 3.89. The molecule has 2 nitrogen and oxygen atoms in total. The van der Waals surface area contributed by atoms with E-state index in [4.69, 9.17) is 5.73 Å². The summed E-state index contributed by atoms with van der Waals surface area (Å²) in [4.78, 5) is 10.4. The smallest absolute Gasteiger partial charge is 0.221 e. The first-order valence-electron chi connectivity index (χ1n) is 3.89. The molecular weight excluding hydrogens is 169 g/mol. The summed E-state index contributed by atoms with van der Waals surface area (Å²) < 4.78 is 12.9. The molecule has 0 aromatic heterocycles. The summed E-state index contributed by atoms with van der Waals surface area (Å²) in [5, 5.41) is 0. The van der Waals surface area contributed by atoms with Gasteiger partial charge in [-0.15, -0.1) is 0 Å². The van der Waals surface area contributed by atoms with Crippen LogP contribution in [0.25, 0.3) is 6.08 Å². The van der Waals surface area contributed by atoms with E-state index in [1.54, 1.807) is 30.4 Å². The molecule has 0 saturated heterocycles. The highest BCUT2D eigenvalue weighted by Gasteiger charge is 1.94. The number of nitrogens with two attached hydrogens (primary N) is 1. The molecule has 1 rings (SSSR count). The van der Waals surface area contributed by atoms with Crippen LogP contribution in [-0.2, 0) is 4.79 Å². The van der Waals surface area contributed by atoms with Crippen molar-refractivity contribution in [2.75, 3.05) is 0 Å². The van der Waals surface area contributed by atoms with Gasteiger partial charge in [0.2, 0.25) is 5.91 Å². The fraction of sp³-hybridized carbons (Fsp3) is 0.100. The van der Waals surface area contributed by atoms with Gasteiger partial charge in [0.15, 0.2) is 0 Å². The fourth-order valence-electron chi connectivity index (χ4n) is 0.912. The Balaban J connectivity index is 2.68. The minimum absolute atomic E-state index is 0.133. The number of hydrogen-bond donors (Lipinski definition) is 1. The lowest BCUT2D eigenvalue weighted by atomic mass is 10.2. The number of primary amides is 1. The van der Waals surface area contributed by atoms with Crippen molar-refractivity contribution in [2.24, 2.45) is 5.73 Å². The highest BCUT2D eigenvalue weighted by molar-refractivity contribution is 5.76. The standard InChI is InChI=1S/C10H10FNO/c11-9-6-2-1-4-8(9)5-3-7-10(12)13/h1-6H,7H2,(H2,12,13). The van der Waals surface area contributed by atoms with Gasteiger partial charge in [-0.2, -0.15) is 0 Å². The minimum atomic E-state index is -0.424. The van der Waals surface area contributed by atoms with Gasteiger partial charge in [0.05, 0.1) is 0 Å². The van der Waals surface area contributed by atoms with Crippen molar-refractivity contribution in [3.63, 3.8) is 0 Å². The summed E-state index contributed by atoms with van der Waals surface area (Å²) in [5.74, 6) is -0.726. The number of amides is 1. The predicted octanol–water partition coefficient (Wildman–Crippen LogP) is 1.71. The topological polar surface area (TPSA) is 43.1 Å². The maximum Gasteiger partial charge on any atom is 0.221 e. The van der Waals surface area contributed by atoms with E-state index < -0.39 is 5.91 Å². The third kappa shape index (κ3) is 3.07. The van der Waals surface area contributed by atoms with E-state index in [0.29, 0.717) is 5.56 Å². The van der Waals surface area contributed by atoms with Crippen LogP contribution in [0.4, 0.5) is 4.39 Å². The third-order valence-corrected chi connectivity index (χ3v) is 1.52. The number of halogens is 1. The highest BCUT2D eigenvalue weighted by atomic mass is 19.1. The molecule has 3 heteroatoms. The molecule has 1 amide bonds. The zero-order valence-corrected chi connectivity index (χ0v) is 7.03. The Hall–Kier alpha value is -1.64. The van der Waals surface area contributed by atoms with E-state index in [1.165, 1.54) is 6.07 Å². The Bertz CT molecular complexity index is 333. The largest absolute Gasteiger partial charge is 0.369 e. The molecule has 0 aliphatic rings. The number of benzene rings is 1. The Morgan fingerprint density at radius 3 is 2.77 bits per heavy atom. The Labute approximate surface area is 75.9 Å². The van der Waals surface area contributed by atoms with E-state index in [1.807, 2.05) is 0 Å². The molecule has 0 aliphatic heterocycles. The molecule has 0 unspecified atom stereocenters. The van der Waals surface area contributed by atoms with Crippen molar-refractivity contribution in [3.05, 3.63) is 41.7 Å². The van der Waals surface area contributed by atoms with Gasteiger partial charge < -0.3 is 5.73 Å². The summed E-state index contributed by atoms with van der Waals surface area (Å²) in [5.41, 5.74) is 5.37. The maximum absolute atomic E-state index is 12.9. The molecule has 13 heavy (non-hydrogen) atoms. The predicted molar refractivity (Wildman–Crippen MR) is 49.2 cm³/mol. The van der Waals surface area contributed by atoms with Gasteiger partial charge in [-0.25, -0.2) is 4.39 Å². The molecule has 0 bridgehead atoms. The van der Waals surface area contributed by atoms with Gasteiger partial charge in [-0.1, -0.05) is 30.4 Å². The quantitative estimate of drug-likeness (QED) is 0.754. The van der Waals surface area contributed by atoms with Crippen molar-refractivity contribution in [3.8, 4) is 0 Å². The first-order chi connectivity index (χ1) is 6.20. The molecule has 68 valence electrons. The van der Waals surface area contributed by atoms with Gasteiger partial charge in [-0.3, -0.25) is 4.79 Å². The average Bonchev–Trinajstić information content (AvgIpc) is 2.08. The van der Waals surface area contributed by atoms with Crippen molar-refractivity contribution in [2.45, 2.75) is 6.42 Å². The van der Waals surface area contributed by atoms with Crippen molar-refractivity contribution >= 4 is 12.0 Å². The van der Waals surface area contributed by atoms with Crippen molar-refractivity contribution in [1.29, 1.82) is 0 Å². The molecule has 0 radical (unpaired) electrons. The zero-order chi connectivity index (χ0) is 9.68. The molecule has 0 heterocycles. The van der Waals surface area contributed by atoms with Crippen LogP contribution in [0.15, 0.2) is 30.3 Å². The van der Waals surface area contributed by atoms with E-state index in [0.717, 1.165) is 0 Å². The van der Waals surface area contributed by atoms with Crippen molar-refractivity contribution < 1.29 is 9.18 Å². The number of carbonyl (C=O) groups excluding carboxylic acids is 1. The van der Waals surface area contributed by atoms with Crippen LogP contribution in [0.5, 0.6) is 0 Å². The molecule has 0 aliphatic carbocycles. The van der Waals surface area contributed by atoms with Gasteiger partial charge in [0, 0.05) is 12.0 Å². The SMILES string of the molecule is NC(=O)CC=Cc1ccccc1F. The molecule has 1 aromatic rings. The van der Waals surface area contributed by atoms with E-state index in [9.17, 15) is 9.18 Å². The lowest BCUT2D eigenvalue weighted by molar-refractivity contribution is -0.117. The molecule has 1 aromatic carbocycles. The molecule has 0 fully saturated rings. The normalized spacial score (nSPS) is 10.5. The second kappa shape index (κ2) is 4.40. The van der Waals surface area contributed by atoms with Gasteiger partial charge in [0.25, 0.3) is 0 Å². The summed E-state index contributed by atoms with van der Waals surface area (Å²) in [7, 11) is 0. The molecule has 0 spiro atoms. The van der Waals surface area contributed by atoms with Gasteiger partial charge in [-0.05, 0) is 6.07 Å². The number of hydrogen-bond acceptors (Lipinski definition) is 1. The number of carbonyl (C=O) groups is 1. The van der Waals surface area contributed by atoms with Crippen LogP contribution < -0.4 is 5.73 Å². The molecular formula is C10H10FNO. The Morgan fingerprint density at radius 2 is 2.15 bits per heavy atom. The summed E-state index contributed by atoms with van der Waals surface area (Å²) in [6, 6.07) is 6.34. The molecule has 0 saturated carbocycles. The number of rotatable bonds is 3. The van der Waals surface area contributed by atoms with Crippen molar-refractivity contribution in [1.82, 2.24) is 0 Å². The van der Waals surface area contributed by atoms with Crippen LogP contribution in [0.2, 0.25) is 0 Å². The first kappa shape index (κ1) is 9.45. The maximum atomic E-state index is 12.9. The summed E-state index contributed by atoms with van der Waals surface area (Å²) in [6.07, 6.45) is 3.22. The lowest BCUT2D eigenvalue weighted by Gasteiger charge is -1.93. The zero-order valence-electron chi connectivity index (χ0n) is 7.03. The van der Waals surface area contributed by atoms with Crippen LogP contribution in [0, 0.1) is 5.82 Å². The summed E-state index contributed by atoms with van der Waals surface area (Å²) in [6.45, 7) is 0. The molecule has 2 N–H and O–H groups in total. The van der Waals surface area contributed by atoms with E-state index in [-0.39, 0.29) is 12.2 Å². The monoisotopic (exact) mass is 179 g/mol.